The van der Waals surface area contributed by atoms with Gasteiger partial charge >= 0.3 is 0 Å². The molecule has 9 heteroatoms. The number of aromatic nitrogens is 3. The number of anilines is 1. The predicted octanol–water partition coefficient (Wildman–Crippen LogP) is 2.31. The summed E-state index contributed by atoms with van der Waals surface area (Å²) in [5.41, 5.74) is 3.10. The minimum atomic E-state index is -0.147. The maximum atomic E-state index is 13.5. The Labute approximate surface area is 193 Å². The molecule has 0 spiro atoms. The monoisotopic (exact) mass is 448 g/mol. The fraction of sp³-hybridized carbons (Fsp3) is 0.333. The molecule has 3 aromatic rings. The smallest absolute Gasteiger partial charge is 0.272 e. The molecule has 1 aliphatic heterocycles. The van der Waals surface area contributed by atoms with Gasteiger partial charge in [-0.25, -0.2) is 15.0 Å². The minimum absolute atomic E-state index is 0.0207. The molecule has 0 saturated carbocycles. The summed E-state index contributed by atoms with van der Waals surface area (Å²) in [5, 5.41) is 8.01. The minimum Gasteiger partial charge on any atom is -0.481 e. The Bertz CT molecular complexity index is 1120. The van der Waals surface area contributed by atoms with Gasteiger partial charge in [0.25, 0.3) is 5.91 Å². The molecule has 1 saturated heterocycles. The molecule has 1 aromatic carbocycles. The summed E-state index contributed by atoms with van der Waals surface area (Å²) < 4.78 is 7.00. The Morgan fingerprint density at radius 2 is 1.76 bits per heavy atom. The molecule has 4 rings (SSSR count). The molecule has 2 aromatic heterocycles. The number of methoxy groups -OCH3 is 1. The van der Waals surface area contributed by atoms with Crippen LogP contribution in [0.25, 0.3) is 0 Å². The summed E-state index contributed by atoms with van der Waals surface area (Å²) in [7, 11) is 1.54. The van der Waals surface area contributed by atoms with Crippen LogP contribution < -0.4 is 9.75 Å². The maximum Gasteiger partial charge on any atom is 0.272 e. The zero-order chi connectivity index (χ0) is 23.4. The van der Waals surface area contributed by atoms with Gasteiger partial charge in [0, 0.05) is 49.7 Å². The number of pyridine rings is 1. The van der Waals surface area contributed by atoms with Gasteiger partial charge in [-0.2, -0.15) is 5.10 Å². The normalized spacial score (nSPS) is 14.2. The van der Waals surface area contributed by atoms with E-state index in [1.54, 1.807) is 47.3 Å². The Balaban J connectivity index is 1.51. The number of rotatable bonds is 6. The van der Waals surface area contributed by atoms with E-state index in [0.717, 1.165) is 11.4 Å². The first-order valence-corrected chi connectivity index (χ1v) is 10.9. The van der Waals surface area contributed by atoms with Gasteiger partial charge in [-0.15, -0.1) is 0 Å². The highest BCUT2D eigenvalue weighted by molar-refractivity contribution is 6.05. The lowest BCUT2D eigenvalue weighted by molar-refractivity contribution is -0.133. The van der Waals surface area contributed by atoms with Gasteiger partial charge in [-0.05, 0) is 38.1 Å². The number of carbonyl (C=O) groups is 2. The van der Waals surface area contributed by atoms with Gasteiger partial charge in [0.05, 0.1) is 18.5 Å². The molecule has 9 nitrogen and oxygen atoms in total. The molecule has 0 bridgehead atoms. The van der Waals surface area contributed by atoms with Crippen LogP contribution >= 0.6 is 0 Å². The molecule has 1 fully saturated rings. The van der Waals surface area contributed by atoms with Crippen LogP contribution in [0.5, 0.6) is 5.88 Å². The van der Waals surface area contributed by atoms with E-state index in [-0.39, 0.29) is 18.4 Å². The van der Waals surface area contributed by atoms with Gasteiger partial charge < -0.3 is 9.64 Å². The van der Waals surface area contributed by atoms with Gasteiger partial charge in [-0.1, -0.05) is 18.2 Å². The predicted molar refractivity (Wildman–Crippen MR) is 124 cm³/mol. The summed E-state index contributed by atoms with van der Waals surface area (Å²) in [6.45, 7) is 6.14. The second kappa shape index (κ2) is 9.83. The maximum absolute atomic E-state index is 13.5. The van der Waals surface area contributed by atoms with Crippen LogP contribution in [0.3, 0.4) is 0 Å². The van der Waals surface area contributed by atoms with Gasteiger partial charge in [-0.3, -0.25) is 14.3 Å². The van der Waals surface area contributed by atoms with Crippen molar-refractivity contribution in [2.24, 2.45) is 0 Å². The molecule has 33 heavy (non-hydrogen) atoms. The topological polar surface area (TPSA) is 83.8 Å². The summed E-state index contributed by atoms with van der Waals surface area (Å²) in [6, 6.07) is 14.6. The fourth-order valence-electron chi connectivity index (χ4n) is 3.96. The Morgan fingerprint density at radius 1 is 1.03 bits per heavy atom. The largest absolute Gasteiger partial charge is 0.481 e. The zero-order valence-corrected chi connectivity index (χ0v) is 19.1. The van der Waals surface area contributed by atoms with Gasteiger partial charge in [0.15, 0.2) is 0 Å². The molecular weight excluding hydrogens is 420 g/mol. The number of hydrazine groups is 1. The van der Waals surface area contributed by atoms with Gasteiger partial charge in [0.2, 0.25) is 11.8 Å². The van der Waals surface area contributed by atoms with Crippen molar-refractivity contribution in [2.45, 2.75) is 20.4 Å². The number of ether oxygens (including phenoxy) is 1. The van der Waals surface area contributed by atoms with Crippen molar-refractivity contribution in [1.82, 2.24) is 24.7 Å². The highest BCUT2D eigenvalue weighted by Crippen LogP contribution is 2.24. The van der Waals surface area contributed by atoms with Crippen LogP contribution in [0.4, 0.5) is 5.69 Å². The van der Waals surface area contributed by atoms with Crippen molar-refractivity contribution in [3.63, 3.8) is 0 Å². The third-order valence-electron chi connectivity index (χ3n) is 5.67. The molecule has 0 aliphatic carbocycles. The SMILES string of the molecule is COc1cc(N(C(=O)c2ccccc2)N2CCN(C(=O)Cn3nc(C)cc3C)CC2)ccn1. The van der Waals surface area contributed by atoms with E-state index in [1.165, 1.54) is 0 Å². The van der Waals surface area contributed by atoms with Crippen molar-refractivity contribution < 1.29 is 14.3 Å². The summed E-state index contributed by atoms with van der Waals surface area (Å²) in [4.78, 5) is 32.3. The molecule has 0 radical (unpaired) electrons. The number of amides is 2. The summed E-state index contributed by atoms with van der Waals surface area (Å²) in [5.74, 6) is 0.302. The molecule has 0 unspecified atom stereocenters. The number of hydrogen-bond acceptors (Lipinski definition) is 6. The number of hydrogen-bond donors (Lipinski definition) is 0. The van der Waals surface area contributed by atoms with Crippen LogP contribution in [-0.2, 0) is 11.3 Å². The van der Waals surface area contributed by atoms with Crippen molar-refractivity contribution >= 4 is 17.5 Å². The lowest BCUT2D eigenvalue weighted by atomic mass is 10.2. The van der Waals surface area contributed by atoms with Crippen LogP contribution in [0, 0.1) is 13.8 Å². The molecule has 172 valence electrons. The van der Waals surface area contributed by atoms with E-state index in [1.807, 2.05) is 48.0 Å². The van der Waals surface area contributed by atoms with Gasteiger partial charge in [0.1, 0.15) is 6.54 Å². The van der Waals surface area contributed by atoms with E-state index in [0.29, 0.717) is 43.3 Å². The first-order valence-electron chi connectivity index (χ1n) is 10.9. The number of nitrogens with zero attached hydrogens (tertiary/aromatic N) is 6. The summed E-state index contributed by atoms with van der Waals surface area (Å²) in [6.07, 6.45) is 1.62. The third-order valence-corrected chi connectivity index (χ3v) is 5.67. The van der Waals surface area contributed by atoms with E-state index in [9.17, 15) is 9.59 Å². The fourth-order valence-corrected chi connectivity index (χ4v) is 3.96. The first-order chi connectivity index (χ1) is 16.0. The molecule has 1 aliphatic rings. The summed E-state index contributed by atoms with van der Waals surface area (Å²) >= 11 is 0. The first kappa shape index (κ1) is 22.5. The molecule has 0 N–H and O–H groups in total. The van der Waals surface area contributed by atoms with Crippen molar-refractivity contribution in [1.29, 1.82) is 0 Å². The number of aryl methyl sites for hydroxylation is 2. The van der Waals surface area contributed by atoms with Crippen molar-refractivity contribution in [3.8, 4) is 5.88 Å². The van der Waals surface area contributed by atoms with Crippen molar-refractivity contribution in [2.75, 3.05) is 38.3 Å². The second-order valence-corrected chi connectivity index (χ2v) is 7.96. The standard InChI is InChI=1S/C24H28N6O3/c1-18-15-19(2)29(26-18)17-23(31)27-11-13-28(14-12-27)30(21-9-10-25-22(16-21)33-3)24(32)20-7-5-4-6-8-20/h4-10,15-16H,11-14,17H2,1-3H3. The Morgan fingerprint density at radius 3 is 2.39 bits per heavy atom. The van der Waals surface area contributed by atoms with Crippen LogP contribution in [0.1, 0.15) is 21.7 Å². The Kier molecular flexibility index (Phi) is 6.69. The second-order valence-electron chi connectivity index (χ2n) is 7.96. The third kappa shape index (κ3) is 5.04. The van der Waals surface area contributed by atoms with E-state index in [4.69, 9.17) is 4.74 Å². The number of carbonyl (C=O) groups excluding carboxylic acids is 2. The van der Waals surface area contributed by atoms with E-state index in [2.05, 4.69) is 10.1 Å². The van der Waals surface area contributed by atoms with Crippen LogP contribution in [-0.4, -0.2) is 69.8 Å². The number of benzene rings is 1. The average Bonchev–Trinajstić information content (AvgIpc) is 3.16. The van der Waals surface area contributed by atoms with E-state index < -0.39 is 0 Å². The van der Waals surface area contributed by atoms with E-state index >= 15 is 0 Å². The molecule has 0 atom stereocenters. The van der Waals surface area contributed by atoms with Crippen LogP contribution in [0.15, 0.2) is 54.7 Å². The highest BCUT2D eigenvalue weighted by Gasteiger charge is 2.30. The quantitative estimate of drug-likeness (QED) is 0.576. The lowest BCUT2D eigenvalue weighted by Gasteiger charge is -2.41. The van der Waals surface area contributed by atoms with Crippen molar-refractivity contribution in [3.05, 3.63) is 71.7 Å². The highest BCUT2D eigenvalue weighted by atomic mass is 16.5. The average molecular weight is 449 g/mol. The zero-order valence-electron chi connectivity index (χ0n) is 19.1. The van der Waals surface area contributed by atoms with Crippen LogP contribution in [0.2, 0.25) is 0 Å². The number of piperazine rings is 1. The molecule has 2 amide bonds. The lowest BCUT2D eigenvalue weighted by Crippen LogP contribution is -2.57. The molecule has 3 heterocycles. The molecular formula is C24H28N6O3. The Hall–Kier alpha value is -3.72.